The van der Waals surface area contributed by atoms with Gasteiger partial charge in [0.1, 0.15) is 17.0 Å². The van der Waals surface area contributed by atoms with Gasteiger partial charge in [-0.25, -0.2) is 4.98 Å². The van der Waals surface area contributed by atoms with Crippen LogP contribution in [0.2, 0.25) is 0 Å². The molecule has 0 saturated heterocycles. The number of hydrogen-bond donors (Lipinski definition) is 0. The molecule has 2 atom stereocenters. The first-order valence-corrected chi connectivity index (χ1v) is 9.04. The number of benzene rings is 1. The van der Waals surface area contributed by atoms with E-state index in [1.807, 2.05) is 47.0 Å². The zero-order chi connectivity index (χ0) is 18.1. The van der Waals surface area contributed by atoms with Crippen LogP contribution in [0.4, 0.5) is 0 Å². The van der Waals surface area contributed by atoms with E-state index in [1.165, 1.54) is 0 Å². The van der Waals surface area contributed by atoms with Gasteiger partial charge in [0, 0.05) is 11.6 Å². The molecule has 0 saturated carbocycles. The molecule has 1 aromatic carbocycles. The third kappa shape index (κ3) is 2.90. The SMILES string of the molecule is CC[C@H](C)C(C)Oc1cccc2ccc(-c3nnc4ccccn34)nc12. The maximum Gasteiger partial charge on any atom is 0.187 e. The van der Waals surface area contributed by atoms with Crippen LogP contribution in [0.25, 0.3) is 28.1 Å². The van der Waals surface area contributed by atoms with Crippen LogP contribution < -0.4 is 4.74 Å². The number of para-hydroxylation sites is 1. The van der Waals surface area contributed by atoms with E-state index < -0.39 is 0 Å². The number of pyridine rings is 2. The Morgan fingerprint density at radius 3 is 2.73 bits per heavy atom. The minimum Gasteiger partial charge on any atom is -0.488 e. The molecule has 1 unspecified atom stereocenters. The lowest BCUT2D eigenvalue weighted by molar-refractivity contribution is 0.160. The third-order valence-electron chi connectivity index (χ3n) is 4.98. The smallest absolute Gasteiger partial charge is 0.187 e. The Bertz CT molecular complexity index is 1060. The van der Waals surface area contributed by atoms with Gasteiger partial charge in [-0.1, -0.05) is 44.5 Å². The molecule has 5 heteroatoms. The van der Waals surface area contributed by atoms with Gasteiger partial charge in [-0.3, -0.25) is 4.40 Å². The summed E-state index contributed by atoms with van der Waals surface area (Å²) in [5.41, 5.74) is 2.44. The Kier molecular flexibility index (Phi) is 4.29. The summed E-state index contributed by atoms with van der Waals surface area (Å²) in [7, 11) is 0. The van der Waals surface area contributed by atoms with Crippen molar-refractivity contribution in [2.75, 3.05) is 0 Å². The normalized spacial score (nSPS) is 13.8. The zero-order valence-corrected chi connectivity index (χ0v) is 15.3. The molecule has 0 amide bonds. The lowest BCUT2D eigenvalue weighted by Crippen LogP contribution is -2.20. The van der Waals surface area contributed by atoms with Crippen LogP contribution in [-0.2, 0) is 0 Å². The molecule has 4 rings (SSSR count). The van der Waals surface area contributed by atoms with Crippen molar-refractivity contribution >= 4 is 16.6 Å². The van der Waals surface area contributed by atoms with Gasteiger partial charge in [0.2, 0.25) is 0 Å². The molecule has 0 spiro atoms. The second kappa shape index (κ2) is 6.75. The van der Waals surface area contributed by atoms with Crippen LogP contribution in [0, 0.1) is 5.92 Å². The standard InChI is InChI=1S/C21H22N4O/c1-4-14(2)15(3)26-18-9-7-8-16-11-12-17(22-20(16)18)21-24-23-19-10-5-6-13-25(19)21/h5-15H,4H2,1-3H3/t14-,15?/m0/s1. The molecule has 3 aromatic heterocycles. The summed E-state index contributed by atoms with van der Waals surface area (Å²) >= 11 is 0. The van der Waals surface area contributed by atoms with Crippen molar-refractivity contribution in [1.82, 2.24) is 19.6 Å². The predicted molar refractivity (Wildman–Crippen MR) is 103 cm³/mol. The molecule has 5 nitrogen and oxygen atoms in total. The highest BCUT2D eigenvalue weighted by Crippen LogP contribution is 2.29. The van der Waals surface area contributed by atoms with E-state index in [4.69, 9.17) is 9.72 Å². The number of rotatable bonds is 5. The van der Waals surface area contributed by atoms with Crippen molar-refractivity contribution in [2.45, 2.75) is 33.3 Å². The predicted octanol–water partition coefficient (Wildman–Crippen LogP) is 4.76. The summed E-state index contributed by atoms with van der Waals surface area (Å²) in [5, 5.41) is 9.59. The topological polar surface area (TPSA) is 52.3 Å². The zero-order valence-electron chi connectivity index (χ0n) is 15.3. The van der Waals surface area contributed by atoms with Crippen molar-refractivity contribution in [3.8, 4) is 17.3 Å². The second-order valence-corrected chi connectivity index (χ2v) is 6.69. The number of nitrogens with zero attached hydrogens (tertiary/aromatic N) is 4. The highest BCUT2D eigenvalue weighted by Gasteiger charge is 2.15. The summed E-state index contributed by atoms with van der Waals surface area (Å²) in [5.74, 6) is 2.02. The average molecular weight is 346 g/mol. The number of hydrogen-bond acceptors (Lipinski definition) is 4. The molecule has 3 heterocycles. The van der Waals surface area contributed by atoms with Gasteiger partial charge in [-0.15, -0.1) is 10.2 Å². The van der Waals surface area contributed by atoms with Gasteiger partial charge in [0.25, 0.3) is 0 Å². The van der Waals surface area contributed by atoms with Gasteiger partial charge >= 0.3 is 0 Å². The second-order valence-electron chi connectivity index (χ2n) is 6.69. The molecular formula is C21H22N4O. The number of aromatic nitrogens is 4. The van der Waals surface area contributed by atoms with E-state index in [-0.39, 0.29) is 6.10 Å². The van der Waals surface area contributed by atoms with Crippen molar-refractivity contribution < 1.29 is 4.74 Å². The van der Waals surface area contributed by atoms with E-state index >= 15 is 0 Å². The fourth-order valence-corrected chi connectivity index (χ4v) is 3.00. The van der Waals surface area contributed by atoms with Gasteiger partial charge < -0.3 is 4.74 Å². The van der Waals surface area contributed by atoms with Crippen LogP contribution in [0.15, 0.2) is 54.7 Å². The Hall–Kier alpha value is -2.95. The Balaban J connectivity index is 1.80. The summed E-state index contributed by atoms with van der Waals surface area (Å²) in [6, 6.07) is 15.9. The number of ether oxygens (including phenoxy) is 1. The molecule has 0 fully saturated rings. The van der Waals surface area contributed by atoms with Crippen molar-refractivity contribution in [2.24, 2.45) is 5.92 Å². The van der Waals surface area contributed by atoms with Crippen LogP contribution in [0.5, 0.6) is 5.75 Å². The maximum atomic E-state index is 6.23. The number of fused-ring (bicyclic) bond motifs is 2. The molecule has 0 aliphatic heterocycles. The molecule has 26 heavy (non-hydrogen) atoms. The summed E-state index contributed by atoms with van der Waals surface area (Å²) in [6.45, 7) is 6.50. The van der Waals surface area contributed by atoms with Gasteiger partial charge in [0.15, 0.2) is 11.5 Å². The first-order valence-electron chi connectivity index (χ1n) is 9.04. The third-order valence-corrected chi connectivity index (χ3v) is 4.98. The Morgan fingerprint density at radius 1 is 1.00 bits per heavy atom. The van der Waals surface area contributed by atoms with E-state index in [1.54, 1.807) is 0 Å². The fraction of sp³-hybridized carbons (Fsp3) is 0.286. The molecule has 0 aliphatic carbocycles. The highest BCUT2D eigenvalue weighted by molar-refractivity contribution is 5.86. The quantitative estimate of drug-likeness (QED) is 0.523. The van der Waals surface area contributed by atoms with E-state index in [2.05, 4.69) is 43.1 Å². The monoisotopic (exact) mass is 346 g/mol. The van der Waals surface area contributed by atoms with Crippen LogP contribution in [0.1, 0.15) is 27.2 Å². The summed E-state index contributed by atoms with van der Waals surface area (Å²) in [6.07, 6.45) is 3.16. The molecule has 0 radical (unpaired) electrons. The highest BCUT2D eigenvalue weighted by atomic mass is 16.5. The van der Waals surface area contributed by atoms with Crippen molar-refractivity contribution in [3.63, 3.8) is 0 Å². The molecule has 132 valence electrons. The van der Waals surface area contributed by atoms with E-state index in [0.29, 0.717) is 5.92 Å². The van der Waals surface area contributed by atoms with Crippen LogP contribution in [0.3, 0.4) is 0 Å². The van der Waals surface area contributed by atoms with Crippen LogP contribution in [-0.4, -0.2) is 25.7 Å². The lowest BCUT2D eigenvalue weighted by Gasteiger charge is -2.21. The molecule has 0 bridgehead atoms. The van der Waals surface area contributed by atoms with Gasteiger partial charge in [0.05, 0.1) is 6.10 Å². The molecule has 0 aliphatic rings. The van der Waals surface area contributed by atoms with E-state index in [0.717, 1.165) is 40.2 Å². The molecule has 4 aromatic rings. The van der Waals surface area contributed by atoms with Gasteiger partial charge in [-0.2, -0.15) is 0 Å². The molecule has 0 N–H and O–H groups in total. The first kappa shape index (κ1) is 16.5. The minimum atomic E-state index is 0.130. The maximum absolute atomic E-state index is 6.23. The fourth-order valence-electron chi connectivity index (χ4n) is 3.00. The average Bonchev–Trinajstić information content (AvgIpc) is 3.11. The minimum absolute atomic E-state index is 0.130. The van der Waals surface area contributed by atoms with Crippen molar-refractivity contribution in [1.29, 1.82) is 0 Å². The summed E-state index contributed by atoms with van der Waals surface area (Å²) < 4.78 is 8.18. The van der Waals surface area contributed by atoms with Gasteiger partial charge in [-0.05, 0) is 37.1 Å². The van der Waals surface area contributed by atoms with Crippen molar-refractivity contribution in [3.05, 3.63) is 54.7 Å². The Morgan fingerprint density at radius 2 is 1.88 bits per heavy atom. The molecular weight excluding hydrogens is 324 g/mol. The largest absolute Gasteiger partial charge is 0.488 e. The van der Waals surface area contributed by atoms with E-state index in [9.17, 15) is 0 Å². The van der Waals surface area contributed by atoms with Crippen LogP contribution >= 0.6 is 0 Å². The Labute approximate surface area is 152 Å². The first-order chi connectivity index (χ1) is 12.7. The lowest BCUT2D eigenvalue weighted by atomic mass is 10.0. The summed E-state index contributed by atoms with van der Waals surface area (Å²) in [4.78, 5) is 4.86.